The lowest BCUT2D eigenvalue weighted by Crippen LogP contribution is -1.94. The van der Waals surface area contributed by atoms with Gasteiger partial charge in [0.25, 0.3) is 0 Å². The van der Waals surface area contributed by atoms with Crippen molar-refractivity contribution in [1.29, 1.82) is 0 Å². The molecule has 0 amide bonds. The van der Waals surface area contributed by atoms with Gasteiger partial charge in [0.05, 0.1) is 22.3 Å². The van der Waals surface area contributed by atoms with Gasteiger partial charge in [-0.2, -0.15) is 0 Å². The SMILES string of the molecule is CC[C+]1c2ccccc2-c2ccccc21. The Morgan fingerprint density at radius 1 is 0.800 bits per heavy atom. The third kappa shape index (κ3) is 1.11. The van der Waals surface area contributed by atoms with Crippen molar-refractivity contribution < 1.29 is 0 Å². The molecule has 0 unspecified atom stereocenters. The van der Waals surface area contributed by atoms with Crippen LogP contribution in [0.2, 0.25) is 0 Å². The van der Waals surface area contributed by atoms with Crippen LogP contribution >= 0.6 is 0 Å². The molecule has 0 fully saturated rings. The summed E-state index contributed by atoms with van der Waals surface area (Å²) in [4.78, 5) is 0. The molecular formula is C15H13+. The van der Waals surface area contributed by atoms with Crippen LogP contribution in [0, 0.1) is 5.92 Å². The van der Waals surface area contributed by atoms with Crippen LogP contribution in [-0.4, -0.2) is 0 Å². The smallest absolute Gasteiger partial charge is 0.0542 e. The van der Waals surface area contributed by atoms with Crippen LogP contribution in [0.1, 0.15) is 24.5 Å². The molecule has 2 aromatic rings. The normalized spacial score (nSPS) is 12.5. The molecule has 0 saturated carbocycles. The molecule has 0 atom stereocenters. The van der Waals surface area contributed by atoms with E-state index in [4.69, 9.17) is 0 Å². The maximum absolute atomic E-state index is 2.23. The molecule has 15 heavy (non-hydrogen) atoms. The van der Waals surface area contributed by atoms with Crippen molar-refractivity contribution in [2.75, 3.05) is 0 Å². The van der Waals surface area contributed by atoms with Crippen LogP contribution in [-0.2, 0) is 0 Å². The summed E-state index contributed by atoms with van der Waals surface area (Å²) < 4.78 is 0. The second-order valence-corrected chi connectivity index (χ2v) is 3.92. The molecule has 0 heterocycles. The Bertz CT molecular complexity index is 451. The number of hydrogen-bond donors (Lipinski definition) is 0. The topological polar surface area (TPSA) is 0 Å². The quantitative estimate of drug-likeness (QED) is 0.599. The molecule has 0 aliphatic heterocycles. The van der Waals surface area contributed by atoms with Gasteiger partial charge in [-0.1, -0.05) is 6.92 Å². The van der Waals surface area contributed by atoms with Crippen molar-refractivity contribution in [2.24, 2.45) is 0 Å². The first-order valence-electron chi connectivity index (χ1n) is 5.47. The van der Waals surface area contributed by atoms with Crippen LogP contribution in [0.4, 0.5) is 0 Å². The summed E-state index contributed by atoms with van der Waals surface area (Å²) in [6, 6.07) is 17.4. The largest absolute Gasteiger partial charge is 0.0916 e. The highest BCUT2D eigenvalue weighted by Crippen LogP contribution is 2.44. The summed E-state index contributed by atoms with van der Waals surface area (Å²) in [7, 11) is 0. The first-order valence-corrected chi connectivity index (χ1v) is 5.47. The van der Waals surface area contributed by atoms with E-state index >= 15 is 0 Å². The van der Waals surface area contributed by atoms with E-state index in [9.17, 15) is 0 Å². The second kappa shape index (κ2) is 3.16. The zero-order chi connectivity index (χ0) is 10.3. The molecule has 0 N–H and O–H groups in total. The molecular weight excluding hydrogens is 180 g/mol. The standard InChI is InChI=1S/C15H13/c1-2-11-12-7-3-5-9-14(12)15-10-6-4-8-13(11)15/h3-10H,2H2,1H3/q+1. The molecule has 0 spiro atoms. The van der Waals surface area contributed by atoms with E-state index < -0.39 is 0 Å². The molecule has 1 aliphatic rings. The van der Waals surface area contributed by atoms with Gasteiger partial charge in [-0.25, -0.2) is 0 Å². The summed E-state index contributed by atoms with van der Waals surface area (Å²) >= 11 is 0. The van der Waals surface area contributed by atoms with E-state index in [1.807, 2.05) is 0 Å². The third-order valence-electron chi connectivity index (χ3n) is 3.15. The maximum Gasteiger partial charge on any atom is 0.0916 e. The van der Waals surface area contributed by atoms with E-state index in [1.54, 1.807) is 0 Å². The summed E-state index contributed by atoms with van der Waals surface area (Å²) in [5.41, 5.74) is 5.62. The average molecular weight is 193 g/mol. The summed E-state index contributed by atoms with van der Waals surface area (Å²) in [5.74, 6) is 1.49. The van der Waals surface area contributed by atoms with Gasteiger partial charge in [0.1, 0.15) is 0 Å². The molecule has 0 radical (unpaired) electrons. The summed E-state index contributed by atoms with van der Waals surface area (Å²) in [6.07, 6.45) is 1.11. The molecule has 2 aromatic carbocycles. The highest BCUT2D eigenvalue weighted by molar-refractivity contribution is 5.83. The van der Waals surface area contributed by atoms with Crippen molar-refractivity contribution in [3.8, 4) is 11.1 Å². The molecule has 3 rings (SSSR count). The first-order chi connectivity index (χ1) is 7.42. The molecule has 0 aromatic heterocycles. The van der Waals surface area contributed by atoms with E-state index in [1.165, 1.54) is 28.2 Å². The summed E-state index contributed by atoms with van der Waals surface area (Å²) in [5, 5.41) is 0. The molecule has 0 heteroatoms. The first kappa shape index (κ1) is 8.60. The van der Waals surface area contributed by atoms with Crippen molar-refractivity contribution in [3.05, 3.63) is 65.6 Å². The van der Waals surface area contributed by atoms with Crippen molar-refractivity contribution in [1.82, 2.24) is 0 Å². The Hall–Kier alpha value is -1.69. The van der Waals surface area contributed by atoms with Gasteiger partial charge in [0, 0.05) is 18.1 Å². The third-order valence-corrected chi connectivity index (χ3v) is 3.15. The van der Waals surface area contributed by atoms with Crippen LogP contribution < -0.4 is 0 Å². The molecule has 72 valence electrons. The zero-order valence-corrected chi connectivity index (χ0v) is 8.83. The minimum atomic E-state index is 1.11. The monoisotopic (exact) mass is 193 g/mol. The van der Waals surface area contributed by atoms with Gasteiger partial charge in [0.15, 0.2) is 0 Å². The maximum atomic E-state index is 2.23. The van der Waals surface area contributed by atoms with Crippen LogP contribution in [0.3, 0.4) is 0 Å². The zero-order valence-electron chi connectivity index (χ0n) is 8.83. The number of fused-ring (bicyclic) bond motifs is 3. The predicted molar refractivity (Wildman–Crippen MR) is 63.6 cm³/mol. The average Bonchev–Trinajstić information content (AvgIpc) is 2.63. The molecule has 0 bridgehead atoms. The Labute approximate surface area is 90.6 Å². The van der Waals surface area contributed by atoms with Gasteiger partial charge in [-0.3, -0.25) is 0 Å². The van der Waals surface area contributed by atoms with Gasteiger partial charge in [0.2, 0.25) is 0 Å². The van der Waals surface area contributed by atoms with Gasteiger partial charge >= 0.3 is 0 Å². The van der Waals surface area contributed by atoms with Crippen molar-refractivity contribution in [3.63, 3.8) is 0 Å². The summed E-state index contributed by atoms with van der Waals surface area (Å²) in [6.45, 7) is 2.23. The van der Waals surface area contributed by atoms with Gasteiger partial charge < -0.3 is 0 Å². The number of hydrogen-bond acceptors (Lipinski definition) is 0. The fraction of sp³-hybridized carbons (Fsp3) is 0.133. The van der Waals surface area contributed by atoms with E-state index in [0.717, 1.165) is 6.42 Å². The van der Waals surface area contributed by atoms with Gasteiger partial charge in [-0.15, -0.1) is 0 Å². The van der Waals surface area contributed by atoms with Crippen LogP contribution in [0.25, 0.3) is 11.1 Å². The molecule has 0 nitrogen and oxygen atoms in total. The Balaban J connectivity index is 2.31. The van der Waals surface area contributed by atoms with E-state index in [0.29, 0.717) is 0 Å². The van der Waals surface area contributed by atoms with Crippen molar-refractivity contribution >= 4 is 0 Å². The minimum absolute atomic E-state index is 1.11. The highest BCUT2D eigenvalue weighted by atomic mass is 14.3. The lowest BCUT2D eigenvalue weighted by atomic mass is 9.95. The van der Waals surface area contributed by atoms with Crippen LogP contribution in [0.15, 0.2) is 48.5 Å². The fourth-order valence-electron chi connectivity index (χ4n) is 2.49. The Morgan fingerprint density at radius 2 is 1.27 bits per heavy atom. The minimum Gasteiger partial charge on any atom is -0.0542 e. The number of benzene rings is 2. The van der Waals surface area contributed by atoms with Crippen LogP contribution in [0.5, 0.6) is 0 Å². The lowest BCUT2D eigenvalue weighted by molar-refractivity contribution is 1.01. The predicted octanol–water partition coefficient (Wildman–Crippen LogP) is 4.05. The van der Waals surface area contributed by atoms with Gasteiger partial charge in [-0.05, 0) is 42.8 Å². The Kier molecular flexibility index (Phi) is 1.81. The molecule has 1 aliphatic carbocycles. The highest BCUT2D eigenvalue weighted by Gasteiger charge is 2.34. The lowest BCUT2D eigenvalue weighted by Gasteiger charge is -2.02. The molecule has 0 saturated heterocycles. The number of rotatable bonds is 1. The Morgan fingerprint density at radius 3 is 1.73 bits per heavy atom. The van der Waals surface area contributed by atoms with E-state index in [-0.39, 0.29) is 0 Å². The second-order valence-electron chi connectivity index (χ2n) is 3.92. The van der Waals surface area contributed by atoms with E-state index in [2.05, 4.69) is 55.5 Å². The van der Waals surface area contributed by atoms with Crippen molar-refractivity contribution in [2.45, 2.75) is 13.3 Å². The fourth-order valence-corrected chi connectivity index (χ4v) is 2.49.